The molecule has 1 heterocycles. The molecule has 2 rings (SSSR count). The van der Waals surface area contributed by atoms with E-state index in [1.807, 2.05) is 0 Å². The quantitative estimate of drug-likeness (QED) is 0.593. The molecule has 0 atom stereocenters. The van der Waals surface area contributed by atoms with E-state index in [1.54, 1.807) is 0 Å². The van der Waals surface area contributed by atoms with Gasteiger partial charge in [0.05, 0.1) is 6.54 Å². The number of nitrogens with one attached hydrogen (secondary N) is 1. The van der Waals surface area contributed by atoms with Crippen LogP contribution in [-0.4, -0.2) is 49.0 Å². The van der Waals surface area contributed by atoms with Crippen molar-refractivity contribution in [1.82, 2.24) is 14.8 Å². The number of ketones is 1. The zero-order chi connectivity index (χ0) is 16.1. The van der Waals surface area contributed by atoms with Crippen molar-refractivity contribution < 1.29 is 4.79 Å². The molecule has 0 unspecified atom stereocenters. The van der Waals surface area contributed by atoms with E-state index in [1.165, 1.54) is 31.4 Å². The molecular formula is C18H31N3O. The minimum atomic E-state index is 0.224. The summed E-state index contributed by atoms with van der Waals surface area (Å²) < 4.78 is 2.40. The number of aryl methyl sites for hydroxylation is 1. The van der Waals surface area contributed by atoms with Crippen LogP contribution in [0.1, 0.15) is 59.9 Å². The average molecular weight is 305 g/mol. The van der Waals surface area contributed by atoms with Crippen LogP contribution in [0.5, 0.6) is 0 Å². The largest absolute Gasteiger partial charge is 0.345 e. The minimum absolute atomic E-state index is 0.224. The summed E-state index contributed by atoms with van der Waals surface area (Å²) in [4.78, 5) is 14.6. The van der Waals surface area contributed by atoms with Gasteiger partial charge in [-0.3, -0.25) is 4.79 Å². The zero-order valence-corrected chi connectivity index (χ0v) is 14.6. The molecule has 22 heavy (non-hydrogen) atoms. The highest BCUT2D eigenvalue weighted by Gasteiger charge is 2.23. The van der Waals surface area contributed by atoms with Crippen LogP contribution in [0.15, 0.2) is 6.07 Å². The number of hydrogen-bond acceptors (Lipinski definition) is 3. The molecule has 0 aliphatic heterocycles. The number of rotatable bonds is 8. The summed E-state index contributed by atoms with van der Waals surface area (Å²) in [6.07, 6.45) is 6.22. The fourth-order valence-corrected chi connectivity index (χ4v) is 3.60. The van der Waals surface area contributed by atoms with Gasteiger partial charge in [-0.05, 0) is 66.4 Å². The van der Waals surface area contributed by atoms with E-state index in [0.717, 1.165) is 30.8 Å². The van der Waals surface area contributed by atoms with Crippen LogP contribution < -0.4 is 5.32 Å². The standard InChI is InChI=1S/C18H31N3O/c1-14-12-17(15(2)21(14)16-8-5-6-9-16)18(22)13-19-10-7-11-20(3)4/h12,16,19H,5-11,13H2,1-4H3. The molecule has 1 aliphatic rings. The van der Waals surface area contributed by atoms with Gasteiger partial charge in [0.1, 0.15) is 0 Å². The monoisotopic (exact) mass is 305 g/mol. The van der Waals surface area contributed by atoms with Crippen molar-refractivity contribution in [1.29, 1.82) is 0 Å². The second-order valence-electron chi connectivity index (χ2n) is 6.85. The highest BCUT2D eigenvalue weighted by atomic mass is 16.1. The Bertz CT molecular complexity index is 499. The first-order valence-corrected chi connectivity index (χ1v) is 8.57. The first-order chi connectivity index (χ1) is 10.5. The van der Waals surface area contributed by atoms with E-state index >= 15 is 0 Å². The number of nitrogens with zero attached hydrogens (tertiary/aromatic N) is 2. The van der Waals surface area contributed by atoms with Crippen LogP contribution in [0.2, 0.25) is 0 Å². The maximum absolute atomic E-state index is 12.5. The Hall–Kier alpha value is -1.13. The topological polar surface area (TPSA) is 37.3 Å². The predicted molar refractivity (Wildman–Crippen MR) is 91.8 cm³/mol. The Morgan fingerprint density at radius 3 is 2.64 bits per heavy atom. The van der Waals surface area contributed by atoms with Gasteiger partial charge in [-0.2, -0.15) is 0 Å². The van der Waals surface area contributed by atoms with Crippen molar-refractivity contribution in [3.8, 4) is 0 Å². The summed E-state index contributed by atoms with van der Waals surface area (Å²) in [5, 5.41) is 3.28. The Labute approximate surface area is 134 Å². The first kappa shape index (κ1) is 17.2. The molecule has 0 radical (unpaired) electrons. The van der Waals surface area contributed by atoms with E-state index in [2.05, 4.69) is 48.8 Å². The maximum Gasteiger partial charge on any atom is 0.178 e. The normalized spacial score (nSPS) is 15.9. The van der Waals surface area contributed by atoms with Crippen molar-refractivity contribution >= 4 is 5.78 Å². The van der Waals surface area contributed by atoms with Crippen molar-refractivity contribution in [2.45, 2.75) is 52.0 Å². The van der Waals surface area contributed by atoms with Gasteiger partial charge in [0, 0.05) is 23.0 Å². The van der Waals surface area contributed by atoms with E-state index in [0.29, 0.717) is 12.6 Å². The summed E-state index contributed by atoms with van der Waals surface area (Å²) in [7, 11) is 4.14. The molecule has 0 spiro atoms. The fraction of sp³-hybridized carbons (Fsp3) is 0.722. The lowest BCUT2D eigenvalue weighted by Gasteiger charge is -2.17. The van der Waals surface area contributed by atoms with Crippen molar-refractivity contribution in [2.75, 3.05) is 33.7 Å². The maximum atomic E-state index is 12.5. The molecule has 1 N–H and O–H groups in total. The van der Waals surface area contributed by atoms with Gasteiger partial charge < -0.3 is 14.8 Å². The van der Waals surface area contributed by atoms with Crippen LogP contribution in [0, 0.1) is 13.8 Å². The van der Waals surface area contributed by atoms with Gasteiger partial charge in [0.25, 0.3) is 0 Å². The van der Waals surface area contributed by atoms with Gasteiger partial charge in [-0.1, -0.05) is 12.8 Å². The Morgan fingerprint density at radius 2 is 2.00 bits per heavy atom. The SMILES string of the molecule is Cc1cc(C(=O)CNCCCN(C)C)c(C)n1C1CCCC1. The molecule has 1 aromatic heterocycles. The molecule has 4 nitrogen and oxygen atoms in total. The summed E-state index contributed by atoms with van der Waals surface area (Å²) in [5.41, 5.74) is 3.30. The second-order valence-corrected chi connectivity index (χ2v) is 6.85. The van der Waals surface area contributed by atoms with Gasteiger partial charge >= 0.3 is 0 Å². The summed E-state index contributed by atoms with van der Waals surface area (Å²) in [6.45, 7) is 6.63. The predicted octanol–water partition coefficient (Wildman–Crippen LogP) is 2.94. The van der Waals surface area contributed by atoms with E-state index in [9.17, 15) is 4.79 Å². The average Bonchev–Trinajstić information content (AvgIpc) is 3.06. The number of carbonyl (C=O) groups is 1. The van der Waals surface area contributed by atoms with Crippen LogP contribution in [0.4, 0.5) is 0 Å². The third-order valence-electron chi connectivity index (χ3n) is 4.72. The van der Waals surface area contributed by atoms with Crippen molar-refractivity contribution in [2.24, 2.45) is 0 Å². The molecule has 4 heteroatoms. The molecule has 1 fully saturated rings. The number of hydrogen-bond donors (Lipinski definition) is 1. The molecule has 1 saturated carbocycles. The van der Waals surface area contributed by atoms with Crippen LogP contribution in [-0.2, 0) is 0 Å². The zero-order valence-electron chi connectivity index (χ0n) is 14.6. The van der Waals surface area contributed by atoms with E-state index < -0.39 is 0 Å². The molecule has 0 amide bonds. The van der Waals surface area contributed by atoms with Crippen molar-refractivity contribution in [3.63, 3.8) is 0 Å². The molecule has 124 valence electrons. The van der Waals surface area contributed by atoms with Crippen molar-refractivity contribution in [3.05, 3.63) is 23.0 Å². The van der Waals surface area contributed by atoms with Crippen LogP contribution >= 0.6 is 0 Å². The van der Waals surface area contributed by atoms with E-state index in [4.69, 9.17) is 0 Å². The summed E-state index contributed by atoms with van der Waals surface area (Å²) >= 11 is 0. The minimum Gasteiger partial charge on any atom is -0.345 e. The third-order valence-corrected chi connectivity index (χ3v) is 4.72. The smallest absolute Gasteiger partial charge is 0.178 e. The van der Waals surface area contributed by atoms with Gasteiger partial charge in [-0.15, -0.1) is 0 Å². The molecular weight excluding hydrogens is 274 g/mol. The molecule has 0 bridgehead atoms. The Balaban J connectivity index is 1.91. The van der Waals surface area contributed by atoms with Gasteiger partial charge in [-0.25, -0.2) is 0 Å². The first-order valence-electron chi connectivity index (χ1n) is 8.57. The lowest BCUT2D eigenvalue weighted by atomic mass is 10.1. The summed E-state index contributed by atoms with van der Waals surface area (Å²) in [6, 6.07) is 2.69. The van der Waals surface area contributed by atoms with Crippen LogP contribution in [0.25, 0.3) is 0 Å². The van der Waals surface area contributed by atoms with Gasteiger partial charge in [0.15, 0.2) is 5.78 Å². The molecule has 0 aromatic carbocycles. The lowest BCUT2D eigenvalue weighted by Crippen LogP contribution is -2.26. The molecule has 0 saturated heterocycles. The number of carbonyl (C=O) groups excluding carboxylic acids is 1. The molecule has 1 aromatic rings. The second kappa shape index (κ2) is 7.93. The van der Waals surface area contributed by atoms with Gasteiger partial charge in [0.2, 0.25) is 0 Å². The Morgan fingerprint density at radius 1 is 1.32 bits per heavy atom. The Kier molecular flexibility index (Phi) is 6.21. The third kappa shape index (κ3) is 4.20. The summed E-state index contributed by atoms with van der Waals surface area (Å²) in [5.74, 6) is 0.224. The highest BCUT2D eigenvalue weighted by Crippen LogP contribution is 2.33. The lowest BCUT2D eigenvalue weighted by molar-refractivity contribution is 0.0990. The van der Waals surface area contributed by atoms with Crippen LogP contribution in [0.3, 0.4) is 0 Å². The molecule has 1 aliphatic carbocycles. The fourth-order valence-electron chi connectivity index (χ4n) is 3.60. The number of Topliss-reactive ketones (excluding diaryl/α,β-unsaturated/α-hetero) is 1. The highest BCUT2D eigenvalue weighted by molar-refractivity contribution is 5.99. The van der Waals surface area contributed by atoms with E-state index in [-0.39, 0.29) is 5.78 Å². The number of aromatic nitrogens is 1.